The standard InChI is InChI=1S/C17H15FN4O2S2/c1-10(23)19-8-11-6-7-15(26-11)14(24)9-25-17-20-16(21-22-17)12-4-2-3-5-13(12)18/h2-7H,8-9H2,1H3,(H,19,23)(H,20,21,22). The molecule has 3 aromatic rings. The fraction of sp³-hybridized carbons (Fsp3) is 0.176. The van der Waals surface area contributed by atoms with Crippen LogP contribution in [0.4, 0.5) is 4.39 Å². The molecule has 2 N–H and O–H groups in total. The first kappa shape index (κ1) is 18.3. The Kier molecular flexibility index (Phi) is 5.79. The van der Waals surface area contributed by atoms with Crippen molar-refractivity contribution in [2.45, 2.75) is 18.6 Å². The lowest BCUT2D eigenvalue weighted by atomic mass is 10.2. The predicted molar refractivity (Wildman–Crippen MR) is 98.7 cm³/mol. The maximum Gasteiger partial charge on any atom is 0.217 e. The van der Waals surface area contributed by atoms with E-state index in [0.29, 0.717) is 28.0 Å². The minimum Gasteiger partial charge on any atom is -0.351 e. The molecule has 0 radical (unpaired) electrons. The number of thiophene rings is 1. The topological polar surface area (TPSA) is 87.7 Å². The number of halogens is 1. The Morgan fingerprint density at radius 2 is 2.08 bits per heavy atom. The molecular weight excluding hydrogens is 375 g/mol. The molecule has 0 aliphatic rings. The van der Waals surface area contributed by atoms with Gasteiger partial charge in [-0.15, -0.1) is 16.4 Å². The molecule has 6 nitrogen and oxygen atoms in total. The molecule has 0 fully saturated rings. The van der Waals surface area contributed by atoms with Gasteiger partial charge in [-0.2, -0.15) is 0 Å². The van der Waals surface area contributed by atoms with E-state index in [1.54, 1.807) is 24.3 Å². The molecule has 0 bridgehead atoms. The molecule has 2 aromatic heterocycles. The van der Waals surface area contributed by atoms with E-state index in [2.05, 4.69) is 20.5 Å². The summed E-state index contributed by atoms with van der Waals surface area (Å²) in [5.41, 5.74) is 0.332. The fourth-order valence-corrected chi connectivity index (χ4v) is 3.78. The molecule has 9 heteroatoms. The van der Waals surface area contributed by atoms with E-state index in [1.807, 2.05) is 6.07 Å². The third-order valence-electron chi connectivity index (χ3n) is 3.37. The maximum atomic E-state index is 13.8. The molecule has 0 aliphatic heterocycles. The number of amides is 1. The third-order valence-corrected chi connectivity index (χ3v) is 5.35. The molecule has 134 valence electrons. The number of thioether (sulfide) groups is 1. The van der Waals surface area contributed by atoms with Gasteiger partial charge in [-0.25, -0.2) is 9.37 Å². The molecule has 0 aliphatic carbocycles. The molecule has 1 amide bonds. The Labute approximate surface area is 157 Å². The van der Waals surface area contributed by atoms with Crippen LogP contribution in [0.1, 0.15) is 21.5 Å². The van der Waals surface area contributed by atoms with E-state index < -0.39 is 0 Å². The summed E-state index contributed by atoms with van der Waals surface area (Å²) in [4.78, 5) is 28.9. The van der Waals surface area contributed by atoms with Crippen molar-refractivity contribution in [1.82, 2.24) is 20.5 Å². The third kappa shape index (κ3) is 4.55. The average Bonchev–Trinajstić information content (AvgIpc) is 3.28. The zero-order chi connectivity index (χ0) is 18.5. The minimum atomic E-state index is -0.387. The van der Waals surface area contributed by atoms with Crippen LogP contribution in [0.25, 0.3) is 11.4 Å². The summed E-state index contributed by atoms with van der Waals surface area (Å²) in [6.07, 6.45) is 0. The average molecular weight is 390 g/mol. The van der Waals surface area contributed by atoms with E-state index in [0.717, 1.165) is 4.88 Å². The van der Waals surface area contributed by atoms with Gasteiger partial charge in [-0.3, -0.25) is 14.7 Å². The van der Waals surface area contributed by atoms with Crippen molar-refractivity contribution in [3.63, 3.8) is 0 Å². The van der Waals surface area contributed by atoms with Gasteiger partial charge in [-0.05, 0) is 24.3 Å². The van der Waals surface area contributed by atoms with Crippen molar-refractivity contribution in [3.05, 3.63) is 52.0 Å². The number of aromatic nitrogens is 3. The summed E-state index contributed by atoms with van der Waals surface area (Å²) in [7, 11) is 0. The zero-order valence-corrected chi connectivity index (χ0v) is 15.4. The van der Waals surface area contributed by atoms with E-state index in [1.165, 1.54) is 36.1 Å². The monoisotopic (exact) mass is 390 g/mol. The summed E-state index contributed by atoms with van der Waals surface area (Å²) in [5, 5.41) is 9.78. The van der Waals surface area contributed by atoms with Gasteiger partial charge < -0.3 is 5.32 Å². The fourth-order valence-electron chi connectivity index (χ4n) is 2.12. The summed E-state index contributed by atoms with van der Waals surface area (Å²) in [6.45, 7) is 1.86. The van der Waals surface area contributed by atoms with Crippen molar-refractivity contribution in [3.8, 4) is 11.4 Å². The van der Waals surface area contributed by atoms with Gasteiger partial charge in [-0.1, -0.05) is 23.9 Å². The van der Waals surface area contributed by atoms with Crippen molar-refractivity contribution < 1.29 is 14.0 Å². The molecule has 0 saturated carbocycles. The van der Waals surface area contributed by atoms with Crippen LogP contribution < -0.4 is 5.32 Å². The Hall–Kier alpha value is -2.52. The summed E-state index contributed by atoms with van der Waals surface area (Å²) in [5.74, 6) is -0.0500. The van der Waals surface area contributed by atoms with Crippen LogP contribution in [-0.2, 0) is 11.3 Å². The summed E-state index contributed by atoms with van der Waals surface area (Å²) in [6, 6.07) is 9.84. The smallest absolute Gasteiger partial charge is 0.217 e. The second-order valence-electron chi connectivity index (χ2n) is 5.33. The first-order valence-corrected chi connectivity index (χ1v) is 9.49. The number of H-pyrrole nitrogens is 1. The molecule has 0 unspecified atom stereocenters. The van der Waals surface area contributed by atoms with Crippen LogP contribution in [0, 0.1) is 5.82 Å². The van der Waals surface area contributed by atoms with Gasteiger partial charge >= 0.3 is 0 Å². The quantitative estimate of drug-likeness (QED) is 0.477. The second-order valence-corrected chi connectivity index (χ2v) is 7.44. The van der Waals surface area contributed by atoms with Crippen molar-refractivity contribution in [2.24, 2.45) is 0 Å². The van der Waals surface area contributed by atoms with Crippen LogP contribution >= 0.6 is 23.1 Å². The highest BCUT2D eigenvalue weighted by atomic mass is 32.2. The number of aromatic amines is 1. The number of rotatable bonds is 7. The lowest BCUT2D eigenvalue weighted by Gasteiger charge is -1.98. The largest absolute Gasteiger partial charge is 0.351 e. The minimum absolute atomic E-state index is 0.0497. The number of hydrogen-bond acceptors (Lipinski definition) is 6. The van der Waals surface area contributed by atoms with Crippen LogP contribution in [0.2, 0.25) is 0 Å². The number of carbonyl (C=O) groups is 2. The van der Waals surface area contributed by atoms with E-state index >= 15 is 0 Å². The Balaban J connectivity index is 1.58. The van der Waals surface area contributed by atoms with Gasteiger partial charge in [0, 0.05) is 11.8 Å². The van der Waals surface area contributed by atoms with E-state index in [9.17, 15) is 14.0 Å². The van der Waals surface area contributed by atoms with Crippen molar-refractivity contribution in [2.75, 3.05) is 5.75 Å². The van der Waals surface area contributed by atoms with Gasteiger partial charge in [0.2, 0.25) is 11.1 Å². The van der Waals surface area contributed by atoms with Crippen LogP contribution in [0.3, 0.4) is 0 Å². The molecule has 26 heavy (non-hydrogen) atoms. The highest BCUT2D eigenvalue weighted by Crippen LogP contribution is 2.23. The number of Topliss-reactive ketones (excluding diaryl/α,β-unsaturated/α-hetero) is 1. The summed E-state index contributed by atoms with van der Waals surface area (Å²) >= 11 is 2.53. The first-order chi connectivity index (χ1) is 12.5. The molecule has 0 atom stereocenters. The second kappa shape index (κ2) is 8.24. The Morgan fingerprint density at radius 3 is 2.85 bits per heavy atom. The normalized spacial score (nSPS) is 10.7. The number of carbonyl (C=O) groups excluding carboxylic acids is 2. The van der Waals surface area contributed by atoms with Crippen molar-refractivity contribution in [1.29, 1.82) is 0 Å². The highest BCUT2D eigenvalue weighted by Gasteiger charge is 2.14. The lowest BCUT2D eigenvalue weighted by molar-refractivity contribution is -0.119. The SMILES string of the molecule is CC(=O)NCc1ccc(C(=O)CSc2n[nH]c(-c3ccccc3F)n2)s1. The van der Waals surface area contributed by atoms with Crippen LogP contribution in [0.15, 0.2) is 41.6 Å². The van der Waals surface area contributed by atoms with Crippen LogP contribution in [-0.4, -0.2) is 32.6 Å². The molecule has 0 saturated heterocycles. The maximum absolute atomic E-state index is 13.8. The number of nitrogens with zero attached hydrogens (tertiary/aromatic N) is 2. The van der Waals surface area contributed by atoms with E-state index in [4.69, 9.17) is 0 Å². The lowest BCUT2D eigenvalue weighted by Crippen LogP contribution is -2.18. The number of hydrogen-bond donors (Lipinski definition) is 2. The van der Waals surface area contributed by atoms with Crippen LogP contribution in [0.5, 0.6) is 0 Å². The Morgan fingerprint density at radius 1 is 1.27 bits per heavy atom. The molecule has 0 spiro atoms. The van der Waals surface area contributed by atoms with Gasteiger partial charge in [0.15, 0.2) is 11.6 Å². The van der Waals surface area contributed by atoms with Gasteiger partial charge in [0.1, 0.15) is 5.82 Å². The number of ketones is 1. The molecule has 1 aromatic carbocycles. The number of nitrogens with one attached hydrogen (secondary N) is 2. The van der Waals surface area contributed by atoms with Crippen molar-refractivity contribution >= 4 is 34.8 Å². The summed E-state index contributed by atoms with van der Waals surface area (Å²) < 4.78 is 13.8. The van der Waals surface area contributed by atoms with Gasteiger partial charge in [0.25, 0.3) is 0 Å². The van der Waals surface area contributed by atoms with Gasteiger partial charge in [0.05, 0.1) is 22.7 Å². The Bertz CT molecular complexity index is 938. The molecular formula is C17H15FN4O2S2. The number of benzene rings is 1. The highest BCUT2D eigenvalue weighted by molar-refractivity contribution is 7.99. The zero-order valence-electron chi connectivity index (χ0n) is 13.8. The van der Waals surface area contributed by atoms with E-state index in [-0.39, 0.29) is 23.3 Å². The predicted octanol–water partition coefficient (Wildman–Crippen LogP) is 3.28. The first-order valence-electron chi connectivity index (χ1n) is 7.69. The molecule has 2 heterocycles. The molecule has 3 rings (SSSR count).